The number of nitrogen functional groups attached to an aromatic ring is 1. The minimum absolute atomic E-state index is 0.252. The number of carbonyl (C=O) groups is 1. The molecule has 0 unspecified atom stereocenters. The van der Waals surface area contributed by atoms with E-state index in [1.165, 1.54) is 0 Å². The summed E-state index contributed by atoms with van der Waals surface area (Å²) in [6.45, 7) is 0. The summed E-state index contributed by atoms with van der Waals surface area (Å²) in [7, 11) is 0. The van der Waals surface area contributed by atoms with Gasteiger partial charge in [0.25, 0.3) is 0 Å². The van der Waals surface area contributed by atoms with E-state index >= 15 is 0 Å². The van der Waals surface area contributed by atoms with Gasteiger partial charge in [-0.15, -0.1) is 0 Å². The molecule has 2 N–H and O–H groups in total. The molecule has 0 radical (unpaired) electrons. The van der Waals surface area contributed by atoms with Crippen molar-refractivity contribution in [3.8, 4) is 0 Å². The van der Waals surface area contributed by atoms with E-state index in [0.717, 1.165) is 11.1 Å². The molecule has 2 aromatic carbocycles. The van der Waals surface area contributed by atoms with Crippen molar-refractivity contribution in [2.24, 2.45) is 4.99 Å². The zero-order chi connectivity index (χ0) is 13.9. The van der Waals surface area contributed by atoms with Crippen molar-refractivity contribution in [2.45, 2.75) is 0 Å². The molecule has 20 heavy (non-hydrogen) atoms. The molecule has 1 aliphatic rings. The lowest BCUT2D eigenvalue weighted by molar-refractivity contribution is -0.129. The van der Waals surface area contributed by atoms with Crippen LogP contribution in [0.1, 0.15) is 11.1 Å². The highest BCUT2D eigenvalue weighted by Gasteiger charge is 2.24. The Morgan fingerprint density at radius 1 is 1.00 bits per heavy atom. The number of esters is 1. The van der Waals surface area contributed by atoms with Crippen LogP contribution in [0.5, 0.6) is 0 Å². The molecule has 0 spiro atoms. The average molecular weight is 264 g/mol. The summed E-state index contributed by atoms with van der Waals surface area (Å²) < 4.78 is 5.17. The molecule has 1 heterocycles. The number of carbonyl (C=O) groups excluding carboxylic acids is 1. The lowest BCUT2D eigenvalue weighted by Crippen LogP contribution is -2.05. The molecule has 1 aliphatic heterocycles. The molecule has 0 bridgehead atoms. The third kappa shape index (κ3) is 2.31. The number of rotatable bonds is 2. The van der Waals surface area contributed by atoms with Crippen molar-refractivity contribution in [3.63, 3.8) is 0 Å². The summed E-state index contributed by atoms with van der Waals surface area (Å²) >= 11 is 0. The topological polar surface area (TPSA) is 64.7 Å². The van der Waals surface area contributed by atoms with Gasteiger partial charge >= 0.3 is 5.97 Å². The molecule has 4 nitrogen and oxygen atoms in total. The van der Waals surface area contributed by atoms with Gasteiger partial charge in [-0.2, -0.15) is 0 Å². The molecule has 98 valence electrons. The van der Waals surface area contributed by atoms with Gasteiger partial charge in [0.1, 0.15) is 0 Å². The van der Waals surface area contributed by atoms with Gasteiger partial charge in [-0.3, -0.25) is 0 Å². The number of cyclic esters (lactones) is 1. The second-order valence-corrected chi connectivity index (χ2v) is 4.33. The lowest BCUT2D eigenvalue weighted by atomic mass is 10.1. The number of anilines is 1. The largest absolute Gasteiger partial charge is 0.402 e. The first-order chi connectivity index (χ1) is 9.74. The van der Waals surface area contributed by atoms with Crippen LogP contribution >= 0.6 is 0 Å². The summed E-state index contributed by atoms with van der Waals surface area (Å²) in [6.07, 6.45) is 1.63. The maximum Gasteiger partial charge on any atom is 0.363 e. The summed E-state index contributed by atoms with van der Waals surface area (Å²) in [4.78, 5) is 16.1. The number of nitrogens with two attached hydrogens (primary N) is 1. The Hall–Kier alpha value is -2.88. The quantitative estimate of drug-likeness (QED) is 0.515. The predicted molar refractivity (Wildman–Crippen MR) is 77.9 cm³/mol. The maximum absolute atomic E-state index is 11.8. The number of benzene rings is 2. The zero-order valence-corrected chi connectivity index (χ0v) is 10.6. The number of nitrogens with zero attached hydrogens (tertiary/aromatic N) is 1. The first kappa shape index (κ1) is 12.2. The molecule has 0 fully saturated rings. The Morgan fingerprint density at radius 3 is 2.45 bits per heavy atom. The summed E-state index contributed by atoms with van der Waals surface area (Å²) in [5, 5.41) is 0. The van der Waals surface area contributed by atoms with Gasteiger partial charge in [-0.1, -0.05) is 36.4 Å². The highest BCUT2D eigenvalue weighted by Crippen LogP contribution is 2.21. The Morgan fingerprint density at radius 2 is 1.70 bits per heavy atom. The van der Waals surface area contributed by atoms with Crippen molar-refractivity contribution in [3.05, 3.63) is 71.4 Å². The van der Waals surface area contributed by atoms with Crippen molar-refractivity contribution < 1.29 is 9.53 Å². The second-order valence-electron chi connectivity index (χ2n) is 4.33. The first-order valence-corrected chi connectivity index (χ1v) is 6.16. The van der Waals surface area contributed by atoms with E-state index in [0.29, 0.717) is 11.6 Å². The normalized spacial score (nSPS) is 16.1. The fourth-order valence-corrected chi connectivity index (χ4v) is 1.90. The molecule has 0 aromatic heterocycles. The molecular weight excluding hydrogens is 252 g/mol. The van der Waals surface area contributed by atoms with Crippen LogP contribution in [-0.2, 0) is 9.53 Å². The van der Waals surface area contributed by atoms with Crippen LogP contribution in [0, 0.1) is 0 Å². The van der Waals surface area contributed by atoms with Gasteiger partial charge in [0.2, 0.25) is 5.90 Å². The van der Waals surface area contributed by atoms with E-state index in [2.05, 4.69) is 4.99 Å². The third-order valence-corrected chi connectivity index (χ3v) is 2.93. The van der Waals surface area contributed by atoms with Crippen molar-refractivity contribution >= 4 is 23.6 Å². The van der Waals surface area contributed by atoms with Crippen LogP contribution in [0.4, 0.5) is 5.69 Å². The number of aliphatic imine (C=N–C) groups is 1. The molecule has 0 aliphatic carbocycles. The van der Waals surface area contributed by atoms with Crippen LogP contribution < -0.4 is 5.73 Å². The predicted octanol–water partition coefficient (Wildman–Crippen LogP) is 2.61. The number of hydrogen-bond donors (Lipinski definition) is 1. The van der Waals surface area contributed by atoms with Gasteiger partial charge in [0.05, 0.1) is 0 Å². The van der Waals surface area contributed by atoms with Gasteiger partial charge in [0, 0.05) is 11.3 Å². The monoisotopic (exact) mass is 264 g/mol. The van der Waals surface area contributed by atoms with E-state index in [-0.39, 0.29) is 5.70 Å². The van der Waals surface area contributed by atoms with Gasteiger partial charge in [-0.25, -0.2) is 9.79 Å². The van der Waals surface area contributed by atoms with E-state index < -0.39 is 5.97 Å². The van der Waals surface area contributed by atoms with Crippen molar-refractivity contribution in [1.82, 2.24) is 0 Å². The molecular formula is C16H12N2O2. The van der Waals surface area contributed by atoms with Crippen molar-refractivity contribution in [1.29, 1.82) is 0 Å². The Bertz CT molecular complexity index is 718. The number of hydrogen-bond acceptors (Lipinski definition) is 4. The van der Waals surface area contributed by atoms with Crippen LogP contribution in [0.3, 0.4) is 0 Å². The molecule has 0 saturated carbocycles. The standard InChI is InChI=1S/C16H12N2O2/c17-13-9-5-4-8-12(13)10-14-16(19)20-15(18-14)11-6-2-1-3-7-11/h1-10H,17H2. The van der Waals surface area contributed by atoms with Gasteiger partial charge in [-0.05, 0) is 29.8 Å². The fraction of sp³-hybridized carbons (Fsp3) is 0. The highest BCUT2D eigenvalue weighted by molar-refractivity contribution is 6.13. The minimum Gasteiger partial charge on any atom is -0.402 e. The molecule has 0 amide bonds. The Balaban J connectivity index is 1.97. The van der Waals surface area contributed by atoms with E-state index in [1.54, 1.807) is 12.1 Å². The first-order valence-electron chi connectivity index (χ1n) is 6.16. The minimum atomic E-state index is -0.466. The average Bonchev–Trinajstić information content (AvgIpc) is 2.84. The van der Waals surface area contributed by atoms with E-state index in [1.807, 2.05) is 48.5 Å². The smallest absolute Gasteiger partial charge is 0.363 e. The van der Waals surface area contributed by atoms with Gasteiger partial charge in [0.15, 0.2) is 5.70 Å². The number of ether oxygens (including phenoxy) is 1. The molecule has 0 atom stereocenters. The SMILES string of the molecule is Nc1ccccc1C=C1N=C(c2ccccc2)OC1=O. The number of para-hydroxylation sites is 1. The molecule has 0 saturated heterocycles. The van der Waals surface area contributed by atoms with Crippen LogP contribution in [-0.4, -0.2) is 11.9 Å². The lowest BCUT2D eigenvalue weighted by Gasteiger charge is -1.98. The third-order valence-electron chi connectivity index (χ3n) is 2.93. The highest BCUT2D eigenvalue weighted by atomic mass is 16.6. The summed E-state index contributed by atoms with van der Waals surface area (Å²) in [5.74, 6) is -0.150. The summed E-state index contributed by atoms with van der Waals surface area (Å²) in [6, 6.07) is 16.6. The van der Waals surface area contributed by atoms with E-state index in [9.17, 15) is 4.79 Å². The van der Waals surface area contributed by atoms with E-state index in [4.69, 9.17) is 10.5 Å². The van der Waals surface area contributed by atoms with Crippen LogP contribution in [0.15, 0.2) is 65.3 Å². The Kier molecular flexibility index (Phi) is 3.05. The maximum atomic E-state index is 11.8. The van der Waals surface area contributed by atoms with Crippen LogP contribution in [0.25, 0.3) is 6.08 Å². The second kappa shape index (κ2) is 5.01. The summed E-state index contributed by atoms with van der Waals surface area (Å²) in [5.41, 5.74) is 8.21. The fourth-order valence-electron chi connectivity index (χ4n) is 1.90. The zero-order valence-electron chi connectivity index (χ0n) is 10.6. The van der Waals surface area contributed by atoms with Gasteiger partial charge < -0.3 is 10.5 Å². The molecule has 3 rings (SSSR count). The molecule has 2 aromatic rings. The Labute approximate surface area is 116 Å². The van der Waals surface area contributed by atoms with Crippen molar-refractivity contribution in [2.75, 3.05) is 5.73 Å². The molecule has 4 heteroatoms. The van der Waals surface area contributed by atoms with Crippen LogP contribution in [0.2, 0.25) is 0 Å².